The Labute approximate surface area is 207 Å². The van der Waals surface area contributed by atoms with Crippen molar-refractivity contribution in [2.75, 3.05) is 17.2 Å². The molecule has 4 rings (SSSR count). The standard InChI is InChI=1S/C25H31N7O4/c1-5-7-11-31(20-21(26)32(12-8-6-2)25(35)28-23(20)33)24(34)16-14-17(18-10-9-13-36-18)27-22-19(16)15(3)29-30(22)4/h9-10,13-14H,5-8,11-12,26H2,1-4H3,(H,28,33,35). The van der Waals surface area contributed by atoms with E-state index >= 15 is 0 Å². The van der Waals surface area contributed by atoms with Crippen LogP contribution in [0.5, 0.6) is 0 Å². The molecule has 0 bridgehead atoms. The lowest BCUT2D eigenvalue weighted by Crippen LogP contribution is -2.41. The summed E-state index contributed by atoms with van der Waals surface area (Å²) in [5.41, 5.74) is 6.96. The van der Waals surface area contributed by atoms with Crippen LogP contribution < -0.4 is 21.9 Å². The van der Waals surface area contributed by atoms with E-state index in [1.807, 2.05) is 13.8 Å². The van der Waals surface area contributed by atoms with Crippen LogP contribution in [0.25, 0.3) is 22.5 Å². The monoisotopic (exact) mass is 493 g/mol. The Hall–Kier alpha value is -4.15. The van der Waals surface area contributed by atoms with Crippen molar-refractivity contribution < 1.29 is 9.21 Å². The molecular weight excluding hydrogens is 462 g/mol. The highest BCUT2D eigenvalue weighted by molar-refractivity contribution is 6.15. The van der Waals surface area contributed by atoms with E-state index < -0.39 is 17.2 Å². The van der Waals surface area contributed by atoms with Crippen molar-refractivity contribution in [2.24, 2.45) is 7.05 Å². The predicted octanol–water partition coefficient (Wildman–Crippen LogP) is 3.22. The minimum absolute atomic E-state index is 0.0267. The van der Waals surface area contributed by atoms with Crippen LogP contribution in [0.2, 0.25) is 0 Å². The zero-order valence-corrected chi connectivity index (χ0v) is 21.0. The molecule has 4 heterocycles. The molecule has 0 aliphatic rings. The Morgan fingerprint density at radius 2 is 1.97 bits per heavy atom. The van der Waals surface area contributed by atoms with Gasteiger partial charge in [0.25, 0.3) is 11.5 Å². The smallest absolute Gasteiger partial charge is 0.330 e. The first-order valence-electron chi connectivity index (χ1n) is 12.1. The van der Waals surface area contributed by atoms with Crippen LogP contribution in [-0.4, -0.2) is 36.8 Å². The second kappa shape index (κ2) is 10.2. The third-order valence-electron chi connectivity index (χ3n) is 6.17. The van der Waals surface area contributed by atoms with Crippen molar-refractivity contribution in [1.82, 2.24) is 24.3 Å². The number of anilines is 2. The molecule has 11 nitrogen and oxygen atoms in total. The lowest BCUT2D eigenvalue weighted by atomic mass is 10.1. The Morgan fingerprint density at radius 3 is 2.64 bits per heavy atom. The fraction of sp³-hybridized carbons (Fsp3) is 0.400. The number of H-pyrrole nitrogens is 1. The molecule has 190 valence electrons. The van der Waals surface area contributed by atoms with E-state index in [0.29, 0.717) is 53.1 Å². The zero-order valence-electron chi connectivity index (χ0n) is 21.0. The number of amides is 1. The van der Waals surface area contributed by atoms with Crippen molar-refractivity contribution >= 4 is 28.4 Å². The molecule has 0 saturated carbocycles. The van der Waals surface area contributed by atoms with Crippen LogP contribution in [0, 0.1) is 6.92 Å². The summed E-state index contributed by atoms with van der Waals surface area (Å²) in [7, 11) is 1.75. The number of aromatic nitrogens is 5. The molecule has 0 aliphatic carbocycles. The molecule has 0 radical (unpaired) electrons. The average molecular weight is 494 g/mol. The molecule has 4 aromatic heterocycles. The fourth-order valence-corrected chi connectivity index (χ4v) is 4.32. The maximum atomic E-state index is 14.2. The summed E-state index contributed by atoms with van der Waals surface area (Å²) in [5, 5.41) is 5.04. The first-order valence-corrected chi connectivity index (χ1v) is 12.1. The number of aryl methyl sites for hydroxylation is 2. The number of hydrogen-bond acceptors (Lipinski definition) is 7. The minimum atomic E-state index is -0.700. The van der Waals surface area contributed by atoms with E-state index in [1.54, 1.807) is 36.9 Å². The summed E-state index contributed by atoms with van der Waals surface area (Å²) in [6.07, 6.45) is 4.48. The number of hydrogen-bond donors (Lipinski definition) is 2. The fourth-order valence-electron chi connectivity index (χ4n) is 4.32. The molecule has 11 heteroatoms. The summed E-state index contributed by atoms with van der Waals surface area (Å²) >= 11 is 0. The molecular formula is C25H31N7O4. The topological polar surface area (TPSA) is 145 Å². The van der Waals surface area contributed by atoms with Gasteiger partial charge in [-0.2, -0.15) is 5.10 Å². The minimum Gasteiger partial charge on any atom is -0.463 e. The summed E-state index contributed by atoms with van der Waals surface area (Å²) in [6, 6.07) is 5.14. The lowest BCUT2D eigenvalue weighted by molar-refractivity contribution is 0.0987. The predicted molar refractivity (Wildman–Crippen MR) is 138 cm³/mol. The molecule has 0 aromatic carbocycles. The van der Waals surface area contributed by atoms with Gasteiger partial charge in [0.1, 0.15) is 11.5 Å². The quantitative estimate of drug-likeness (QED) is 0.364. The van der Waals surface area contributed by atoms with Gasteiger partial charge in [0, 0.05) is 20.1 Å². The second-order valence-corrected chi connectivity index (χ2v) is 8.75. The van der Waals surface area contributed by atoms with E-state index in [1.165, 1.54) is 15.7 Å². The van der Waals surface area contributed by atoms with Crippen LogP contribution in [0.1, 0.15) is 55.6 Å². The number of nitrogens with two attached hydrogens (primary N) is 1. The number of aromatic amines is 1. The van der Waals surface area contributed by atoms with E-state index in [2.05, 4.69) is 15.1 Å². The maximum Gasteiger partial charge on any atom is 0.330 e. The number of unbranched alkanes of at least 4 members (excludes halogenated alkanes) is 2. The van der Waals surface area contributed by atoms with E-state index in [4.69, 9.17) is 10.2 Å². The molecule has 0 spiro atoms. The third-order valence-corrected chi connectivity index (χ3v) is 6.17. The number of nitrogens with zero attached hydrogens (tertiary/aromatic N) is 5. The largest absolute Gasteiger partial charge is 0.463 e. The Morgan fingerprint density at radius 1 is 1.22 bits per heavy atom. The van der Waals surface area contributed by atoms with Gasteiger partial charge in [-0.1, -0.05) is 26.7 Å². The molecule has 3 N–H and O–H groups in total. The molecule has 0 unspecified atom stereocenters. The lowest BCUT2D eigenvalue weighted by Gasteiger charge is -2.25. The van der Waals surface area contributed by atoms with Crippen LogP contribution in [0.3, 0.4) is 0 Å². The molecule has 0 saturated heterocycles. The van der Waals surface area contributed by atoms with Crippen LogP contribution in [0.4, 0.5) is 11.5 Å². The van der Waals surface area contributed by atoms with Crippen molar-refractivity contribution in [2.45, 2.75) is 53.0 Å². The number of nitrogen functional groups attached to an aromatic ring is 1. The molecule has 36 heavy (non-hydrogen) atoms. The molecule has 0 aliphatic heterocycles. The van der Waals surface area contributed by atoms with Crippen molar-refractivity contribution in [1.29, 1.82) is 0 Å². The van der Waals surface area contributed by atoms with Crippen molar-refractivity contribution in [3.8, 4) is 11.5 Å². The summed E-state index contributed by atoms with van der Waals surface area (Å²) < 4.78 is 8.46. The first kappa shape index (κ1) is 25.0. The van der Waals surface area contributed by atoms with Crippen LogP contribution in [-0.2, 0) is 13.6 Å². The number of nitrogens with one attached hydrogen (secondary N) is 1. The van der Waals surface area contributed by atoms with Gasteiger partial charge >= 0.3 is 5.69 Å². The van der Waals surface area contributed by atoms with Gasteiger partial charge in [0.05, 0.1) is 22.9 Å². The number of fused-ring (bicyclic) bond motifs is 1. The number of rotatable bonds is 9. The van der Waals surface area contributed by atoms with Gasteiger partial charge in [0.15, 0.2) is 17.1 Å². The molecule has 0 fully saturated rings. The van der Waals surface area contributed by atoms with E-state index in [0.717, 1.165) is 12.8 Å². The SMILES string of the molecule is CCCCN(C(=O)c1cc(-c2ccco2)nc2c1c(C)nn2C)c1c(N)n(CCCC)c(=O)[nH]c1=O. The van der Waals surface area contributed by atoms with Crippen molar-refractivity contribution in [3.63, 3.8) is 0 Å². The van der Waals surface area contributed by atoms with Gasteiger partial charge < -0.3 is 15.1 Å². The van der Waals surface area contributed by atoms with Gasteiger partial charge in [-0.15, -0.1) is 0 Å². The summed E-state index contributed by atoms with van der Waals surface area (Å²) in [5.74, 6) is 0.0363. The number of pyridine rings is 1. The molecule has 0 atom stereocenters. The van der Waals surface area contributed by atoms with Crippen molar-refractivity contribution in [3.05, 3.63) is 56.6 Å². The van der Waals surface area contributed by atoms with Gasteiger partial charge in [0.2, 0.25) is 0 Å². The highest BCUT2D eigenvalue weighted by atomic mass is 16.3. The zero-order chi connectivity index (χ0) is 26.0. The average Bonchev–Trinajstić information content (AvgIpc) is 3.48. The van der Waals surface area contributed by atoms with Gasteiger partial charge in [-0.05, 0) is 38.0 Å². The Bertz CT molecular complexity index is 1510. The first-order chi connectivity index (χ1) is 17.3. The highest BCUT2D eigenvalue weighted by Gasteiger charge is 2.28. The maximum absolute atomic E-state index is 14.2. The number of furan rings is 1. The van der Waals surface area contributed by atoms with E-state index in [-0.39, 0.29) is 18.1 Å². The van der Waals surface area contributed by atoms with Crippen LogP contribution >= 0.6 is 0 Å². The number of carbonyl (C=O) groups excluding carboxylic acids is 1. The second-order valence-electron chi connectivity index (χ2n) is 8.75. The molecule has 1 amide bonds. The highest BCUT2D eigenvalue weighted by Crippen LogP contribution is 2.30. The summed E-state index contributed by atoms with van der Waals surface area (Å²) in [4.78, 5) is 48.1. The Kier molecular flexibility index (Phi) is 7.09. The van der Waals surface area contributed by atoms with Crippen LogP contribution in [0.15, 0.2) is 38.5 Å². The van der Waals surface area contributed by atoms with Gasteiger partial charge in [-0.3, -0.25) is 23.8 Å². The molecule has 4 aromatic rings. The third kappa shape index (κ3) is 4.43. The van der Waals surface area contributed by atoms with Gasteiger partial charge in [-0.25, -0.2) is 9.78 Å². The Balaban J connectivity index is 1.94. The summed E-state index contributed by atoms with van der Waals surface area (Å²) in [6.45, 7) is 6.37. The van der Waals surface area contributed by atoms with E-state index in [9.17, 15) is 14.4 Å². The normalized spacial score (nSPS) is 11.3. The number of carbonyl (C=O) groups is 1.